The normalized spacial score (nSPS) is 10.5. The van der Waals surface area contributed by atoms with Crippen molar-refractivity contribution < 1.29 is 13.9 Å². The van der Waals surface area contributed by atoms with Crippen LogP contribution in [0.4, 0.5) is 4.39 Å². The number of carbonyl (C=O) groups is 1. The van der Waals surface area contributed by atoms with Crippen LogP contribution >= 0.6 is 0 Å². The van der Waals surface area contributed by atoms with E-state index in [2.05, 4.69) is 10.4 Å². The van der Waals surface area contributed by atoms with Crippen molar-refractivity contribution in [2.75, 3.05) is 0 Å². The molecule has 0 saturated carbocycles. The van der Waals surface area contributed by atoms with Crippen molar-refractivity contribution in [3.63, 3.8) is 0 Å². The second-order valence-electron chi connectivity index (χ2n) is 5.60. The van der Waals surface area contributed by atoms with Crippen LogP contribution in [0.2, 0.25) is 0 Å². The quantitative estimate of drug-likeness (QED) is 0.751. The van der Waals surface area contributed by atoms with Crippen LogP contribution in [0.15, 0.2) is 60.8 Å². The lowest BCUT2D eigenvalue weighted by Gasteiger charge is -2.07. The third-order valence-corrected chi connectivity index (χ3v) is 3.63. The number of halogens is 1. The number of rotatable bonds is 6. The fraction of sp³-hybridized carbons (Fsp3) is 0.158. The molecule has 0 bridgehead atoms. The predicted octanol–water partition coefficient (Wildman–Crippen LogP) is 3.07. The molecule has 3 rings (SSSR count). The maximum Gasteiger partial charge on any atom is 0.251 e. The van der Waals surface area contributed by atoms with E-state index in [-0.39, 0.29) is 11.7 Å². The van der Waals surface area contributed by atoms with Gasteiger partial charge in [0.05, 0.1) is 12.2 Å². The van der Waals surface area contributed by atoms with E-state index in [4.69, 9.17) is 4.74 Å². The van der Waals surface area contributed by atoms with Gasteiger partial charge in [0, 0.05) is 18.8 Å². The fourth-order valence-electron chi connectivity index (χ4n) is 2.28. The molecule has 0 aliphatic rings. The number of carbonyl (C=O) groups excluding carboxylic acids is 1. The summed E-state index contributed by atoms with van der Waals surface area (Å²) in [6.07, 6.45) is 1.83. The van der Waals surface area contributed by atoms with Gasteiger partial charge < -0.3 is 10.1 Å². The summed E-state index contributed by atoms with van der Waals surface area (Å²) >= 11 is 0. The summed E-state index contributed by atoms with van der Waals surface area (Å²) in [6.45, 7) is 0.733. The molecule has 1 amide bonds. The van der Waals surface area contributed by atoms with E-state index in [0.29, 0.717) is 24.5 Å². The van der Waals surface area contributed by atoms with E-state index in [0.717, 1.165) is 11.3 Å². The smallest absolute Gasteiger partial charge is 0.251 e. The highest BCUT2D eigenvalue weighted by atomic mass is 19.1. The third kappa shape index (κ3) is 4.67. The van der Waals surface area contributed by atoms with E-state index < -0.39 is 0 Å². The number of nitrogens with one attached hydrogen (secondary N) is 1. The Morgan fingerprint density at radius 3 is 2.48 bits per heavy atom. The van der Waals surface area contributed by atoms with Crippen LogP contribution in [0, 0.1) is 5.82 Å². The number of aromatic nitrogens is 2. The largest absolute Gasteiger partial charge is 0.489 e. The first-order valence-electron chi connectivity index (χ1n) is 7.84. The van der Waals surface area contributed by atoms with Gasteiger partial charge in [-0.2, -0.15) is 5.10 Å². The Bertz CT molecular complexity index is 842. The average Bonchev–Trinajstić information content (AvgIpc) is 3.05. The standard InChI is InChI=1S/C19H18FN3O2/c1-23-11-10-17(22-23)12-21-19(24)15-4-2-14(3-5-15)13-25-18-8-6-16(20)7-9-18/h2-11H,12-13H2,1H3,(H,21,24). The lowest BCUT2D eigenvalue weighted by Crippen LogP contribution is -2.23. The number of nitrogens with zero attached hydrogens (tertiary/aromatic N) is 2. The van der Waals surface area contributed by atoms with Crippen molar-refractivity contribution in [2.45, 2.75) is 13.2 Å². The van der Waals surface area contributed by atoms with Gasteiger partial charge in [-0.05, 0) is 48.0 Å². The van der Waals surface area contributed by atoms with Gasteiger partial charge in [0.25, 0.3) is 5.91 Å². The summed E-state index contributed by atoms with van der Waals surface area (Å²) < 4.78 is 20.1. The van der Waals surface area contributed by atoms with Crippen molar-refractivity contribution >= 4 is 5.91 Å². The number of hydrogen-bond donors (Lipinski definition) is 1. The van der Waals surface area contributed by atoms with Crippen molar-refractivity contribution in [1.29, 1.82) is 0 Å². The zero-order valence-corrected chi connectivity index (χ0v) is 13.8. The molecule has 1 aromatic heterocycles. The second kappa shape index (κ2) is 7.61. The van der Waals surface area contributed by atoms with Gasteiger partial charge in [0.2, 0.25) is 0 Å². The molecule has 0 fully saturated rings. The highest BCUT2D eigenvalue weighted by molar-refractivity contribution is 5.94. The molecular formula is C19H18FN3O2. The van der Waals surface area contributed by atoms with Crippen molar-refractivity contribution in [3.05, 3.63) is 83.4 Å². The van der Waals surface area contributed by atoms with Crippen LogP contribution in [0.5, 0.6) is 5.75 Å². The predicted molar refractivity (Wildman–Crippen MR) is 91.6 cm³/mol. The van der Waals surface area contributed by atoms with Crippen molar-refractivity contribution in [3.8, 4) is 5.75 Å². The van der Waals surface area contributed by atoms with Crippen LogP contribution in [0.25, 0.3) is 0 Å². The lowest BCUT2D eigenvalue weighted by atomic mass is 10.1. The second-order valence-corrected chi connectivity index (χ2v) is 5.60. The summed E-state index contributed by atoms with van der Waals surface area (Å²) in [7, 11) is 1.83. The van der Waals surface area contributed by atoms with E-state index >= 15 is 0 Å². The Morgan fingerprint density at radius 2 is 1.84 bits per heavy atom. The highest BCUT2D eigenvalue weighted by Crippen LogP contribution is 2.14. The Balaban J connectivity index is 1.52. The van der Waals surface area contributed by atoms with Crippen molar-refractivity contribution in [2.24, 2.45) is 7.05 Å². The van der Waals surface area contributed by atoms with Gasteiger partial charge in [0.1, 0.15) is 18.2 Å². The molecular weight excluding hydrogens is 321 g/mol. The van der Waals surface area contributed by atoms with Gasteiger partial charge in [-0.25, -0.2) is 4.39 Å². The zero-order chi connectivity index (χ0) is 17.6. The third-order valence-electron chi connectivity index (χ3n) is 3.63. The first kappa shape index (κ1) is 16.7. The minimum absolute atomic E-state index is 0.156. The van der Waals surface area contributed by atoms with E-state index in [1.54, 1.807) is 28.9 Å². The fourth-order valence-corrected chi connectivity index (χ4v) is 2.28. The molecule has 128 valence electrons. The van der Waals surface area contributed by atoms with Gasteiger partial charge in [-0.1, -0.05) is 12.1 Å². The van der Waals surface area contributed by atoms with Gasteiger partial charge >= 0.3 is 0 Å². The number of ether oxygens (including phenoxy) is 1. The summed E-state index contributed by atoms with van der Waals surface area (Å²) in [5.41, 5.74) is 2.30. The Kier molecular flexibility index (Phi) is 5.09. The number of hydrogen-bond acceptors (Lipinski definition) is 3. The maximum absolute atomic E-state index is 12.8. The first-order valence-corrected chi connectivity index (χ1v) is 7.84. The summed E-state index contributed by atoms with van der Waals surface area (Å²) in [5, 5.41) is 7.04. The van der Waals surface area contributed by atoms with Gasteiger partial charge in [0.15, 0.2) is 0 Å². The Hall–Kier alpha value is -3.15. The number of aryl methyl sites for hydroxylation is 1. The highest BCUT2D eigenvalue weighted by Gasteiger charge is 2.06. The van der Waals surface area contributed by atoms with Crippen molar-refractivity contribution in [1.82, 2.24) is 15.1 Å². The number of amides is 1. The molecule has 0 unspecified atom stereocenters. The van der Waals surface area contributed by atoms with E-state index in [1.807, 2.05) is 31.4 Å². The molecule has 5 nitrogen and oxygen atoms in total. The summed E-state index contributed by atoms with van der Waals surface area (Å²) in [5.74, 6) is 0.142. The minimum atomic E-state index is -0.298. The molecule has 0 spiro atoms. The van der Waals surface area contributed by atoms with Crippen LogP contribution in [0.3, 0.4) is 0 Å². The Morgan fingerprint density at radius 1 is 1.12 bits per heavy atom. The molecule has 0 aliphatic carbocycles. The van der Waals surface area contributed by atoms with Crippen LogP contribution in [0.1, 0.15) is 21.6 Å². The molecule has 25 heavy (non-hydrogen) atoms. The number of benzene rings is 2. The van der Waals surface area contributed by atoms with E-state index in [9.17, 15) is 9.18 Å². The van der Waals surface area contributed by atoms with Crippen LogP contribution in [-0.2, 0) is 20.2 Å². The maximum atomic E-state index is 12.8. The average molecular weight is 339 g/mol. The molecule has 0 radical (unpaired) electrons. The molecule has 1 N–H and O–H groups in total. The Labute approximate surface area is 145 Å². The monoisotopic (exact) mass is 339 g/mol. The molecule has 2 aromatic carbocycles. The minimum Gasteiger partial charge on any atom is -0.489 e. The molecule has 1 heterocycles. The van der Waals surface area contributed by atoms with Gasteiger partial charge in [-0.15, -0.1) is 0 Å². The summed E-state index contributed by atoms with van der Waals surface area (Å²) in [6, 6.07) is 14.9. The van der Waals surface area contributed by atoms with E-state index in [1.165, 1.54) is 12.1 Å². The van der Waals surface area contributed by atoms with Gasteiger partial charge in [-0.3, -0.25) is 9.48 Å². The summed E-state index contributed by atoms with van der Waals surface area (Å²) in [4.78, 5) is 12.1. The first-order chi connectivity index (χ1) is 12.1. The molecule has 0 atom stereocenters. The molecule has 0 aliphatic heterocycles. The molecule has 6 heteroatoms. The lowest BCUT2D eigenvalue weighted by molar-refractivity contribution is 0.0950. The van der Waals surface area contributed by atoms with Crippen LogP contribution in [-0.4, -0.2) is 15.7 Å². The molecule has 3 aromatic rings. The van der Waals surface area contributed by atoms with Crippen LogP contribution < -0.4 is 10.1 Å². The topological polar surface area (TPSA) is 56.2 Å². The SMILES string of the molecule is Cn1ccc(CNC(=O)c2ccc(COc3ccc(F)cc3)cc2)n1. The molecule has 0 saturated heterocycles. The zero-order valence-electron chi connectivity index (χ0n) is 13.8.